The zero-order chi connectivity index (χ0) is 14.2. The minimum absolute atomic E-state index is 0.0109. The highest BCUT2D eigenvalue weighted by molar-refractivity contribution is 9.10. The number of piperidine rings is 1. The summed E-state index contributed by atoms with van der Waals surface area (Å²) >= 11 is 3.50. The number of anilines is 1. The van der Waals surface area contributed by atoms with E-state index in [1.54, 1.807) is 6.20 Å². The van der Waals surface area contributed by atoms with Crippen molar-refractivity contribution in [2.24, 2.45) is 0 Å². The Balaban J connectivity index is 1.69. The van der Waals surface area contributed by atoms with Crippen molar-refractivity contribution in [1.82, 2.24) is 9.71 Å². The summed E-state index contributed by atoms with van der Waals surface area (Å²) in [7, 11) is -3.11. The molecule has 7 heteroatoms. The van der Waals surface area contributed by atoms with Gasteiger partial charge in [0.25, 0.3) is 0 Å². The zero-order valence-corrected chi connectivity index (χ0v) is 13.5. The number of hydrogen-bond acceptors (Lipinski definition) is 4. The van der Waals surface area contributed by atoms with Crippen LogP contribution < -0.4 is 9.62 Å². The van der Waals surface area contributed by atoms with Crippen molar-refractivity contribution in [2.45, 2.75) is 37.0 Å². The molecule has 0 amide bonds. The Kier molecular flexibility index (Phi) is 4.01. The van der Waals surface area contributed by atoms with Gasteiger partial charge >= 0.3 is 0 Å². The molecule has 0 spiro atoms. The van der Waals surface area contributed by atoms with Crippen LogP contribution in [-0.4, -0.2) is 37.8 Å². The van der Waals surface area contributed by atoms with Gasteiger partial charge in [-0.3, -0.25) is 0 Å². The molecule has 1 saturated heterocycles. The van der Waals surface area contributed by atoms with Crippen molar-refractivity contribution in [3.05, 3.63) is 22.8 Å². The van der Waals surface area contributed by atoms with E-state index in [2.05, 4.69) is 30.5 Å². The number of nitrogens with one attached hydrogen (secondary N) is 1. The molecule has 1 unspecified atom stereocenters. The molecule has 5 nitrogen and oxygen atoms in total. The van der Waals surface area contributed by atoms with Crippen LogP contribution in [0.15, 0.2) is 22.8 Å². The molecular formula is C13H18BrN3O2S. The Morgan fingerprint density at radius 2 is 2.15 bits per heavy atom. The van der Waals surface area contributed by atoms with E-state index in [1.165, 1.54) is 0 Å². The molecule has 1 atom stereocenters. The summed E-state index contributed by atoms with van der Waals surface area (Å²) < 4.78 is 27.8. The smallest absolute Gasteiger partial charge is 0.214 e. The van der Waals surface area contributed by atoms with E-state index in [9.17, 15) is 8.42 Å². The van der Waals surface area contributed by atoms with E-state index in [0.29, 0.717) is 6.54 Å². The normalized spacial score (nSPS) is 23.9. The van der Waals surface area contributed by atoms with Gasteiger partial charge in [0.05, 0.1) is 9.72 Å². The van der Waals surface area contributed by atoms with Crippen molar-refractivity contribution in [3.63, 3.8) is 0 Å². The topological polar surface area (TPSA) is 62.3 Å². The molecular weight excluding hydrogens is 342 g/mol. The molecule has 0 radical (unpaired) electrons. The lowest BCUT2D eigenvalue weighted by molar-refractivity contribution is 0.463. The summed E-state index contributed by atoms with van der Waals surface area (Å²) in [5.41, 5.74) is 0. The van der Waals surface area contributed by atoms with Gasteiger partial charge in [-0.2, -0.15) is 0 Å². The lowest BCUT2D eigenvalue weighted by Gasteiger charge is -2.34. The lowest BCUT2D eigenvalue weighted by atomic mass is 10.1. The predicted octanol–water partition coefficient (Wildman–Crippen LogP) is 1.89. The number of pyridine rings is 1. The molecule has 1 N–H and O–H groups in total. The molecule has 2 fully saturated rings. The molecule has 2 heterocycles. The van der Waals surface area contributed by atoms with Crippen molar-refractivity contribution >= 4 is 31.8 Å². The molecule has 1 aromatic rings. The second-order valence-corrected chi connectivity index (χ2v) is 8.30. The Morgan fingerprint density at radius 1 is 1.35 bits per heavy atom. The van der Waals surface area contributed by atoms with Gasteiger partial charge in [-0.15, -0.1) is 0 Å². The van der Waals surface area contributed by atoms with Gasteiger partial charge < -0.3 is 4.90 Å². The highest BCUT2D eigenvalue weighted by Crippen LogP contribution is 2.29. The van der Waals surface area contributed by atoms with Crippen LogP contribution in [0.5, 0.6) is 0 Å². The maximum atomic E-state index is 12.0. The SMILES string of the molecule is O=S(=O)(NC1CCCN(c2ncccc2Br)C1)C1CC1. The summed E-state index contributed by atoms with van der Waals surface area (Å²) in [5, 5.41) is -0.153. The fourth-order valence-electron chi connectivity index (χ4n) is 2.58. The minimum Gasteiger partial charge on any atom is -0.354 e. The van der Waals surface area contributed by atoms with Gasteiger partial charge in [-0.25, -0.2) is 18.1 Å². The predicted molar refractivity (Wildman–Crippen MR) is 82.2 cm³/mol. The first-order chi connectivity index (χ1) is 9.56. The highest BCUT2D eigenvalue weighted by atomic mass is 79.9. The second kappa shape index (κ2) is 5.61. The van der Waals surface area contributed by atoms with Gasteiger partial charge in [0.2, 0.25) is 10.0 Å². The average molecular weight is 360 g/mol. The number of aromatic nitrogens is 1. The summed E-state index contributed by atoms with van der Waals surface area (Å²) in [6.45, 7) is 1.60. The molecule has 2 aliphatic rings. The van der Waals surface area contributed by atoms with Crippen molar-refractivity contribution in [2.75, 3.05) is 18.0 Å². The van der Waals surface area contributed by atoms with Crippen LogP contribution in [0.2, 0.25) is 0 Å². The number of hydrogen-bond donors (Lipinski definition) is 1. The summed E-state index contributed by atoms with van der Waals surface area (Å²) in [6.07, 6.45) is 5.24. The van der Waals surface area contributed by atoms with E-state index >= 15 is 0 Å². The van der Waals surface area contributed by atoms with Gasteiger partial charge in [0.1, 0.15) is 5.82 Å². The number of nitrogens with zero attached hydrogens (tertiary/aromatic N) is 2. The standard InChI is InChI=1S/C13H18BrN3O2S/c14-12-4-1-7-15-13(12)17-8-2-3-10(9-17)16-20(18,19)11-5-6-11/h1,4,7,10-11,16H,2-3,5-6,8-9H2. The fourth-order valence-corrected chi connectivity index (χ4v) is 4.69. The zero-order valence-electron chi connectivity index (χ0n) is 11.1. The molecule has 1 aliphatic heterocycles. The Bertz CT molecular complexity index is 589. The fraction of sp³-hybridized carbons (Fsp3) is 0.615. The van der Waals surface area contributed by atoms with Crippen LogP contribution in [0.3, 0.4) is 0 Å². The molecule has 1 aromatic heterocycles. The number of rotatable bonds is 4. The highest BCUT2D eigenvalue weighted by Gasteiger charge is 2.37. The maximum absolute atomic E-state index is 12.0. The molecule has 3 rings (SSSR count). The van der Waals surface area contributed by atoms with Gasteiger partial charge in [-0.05, 0) is 53.7 Å². The molecule has 1 aliphatic carbocycles. The average Bonchev–Trinajstić information content (AvgIpc) is 3.23. The third kappa shape index (κ3) is 3.15. The van der Waals surface area contributed by atoms with E-state index in [0.717, 1.165) is 42.5 Å². The first-order valence-electron chi connectivity index (χ1n) is 6.93. The summed E-state index contributed by atoms with van der Waals surface area (Å²) in [6, 6.07) is 3.83. The monoisotopic (exact) mass is 359 g/mol. The molecule has 0 bridgehead atoms. The Hall–Kier alpha value is -0.660. The number of halogens is 1. The van der Waals surface area contributed by atoms with Gasteiger partial charge in [0.15, 0.2) is 0 Å². The van der Waals surface area contributed by atoms with Crippen LogP contribution in [-0.2, 0) is 10.0 Å². The number of sulfonamides is 1. The molecule has 20 heavy (non-hydrogen) atoms. The van der Waals surface area contributed by atoms with Crippen molar-refractivity contribution < 1.29 is 8.42 Å². The van der Waals surface area contributed by atoms with Crippen LogP contribution in [0.4, 0.5) is 5.82 Å². The molecule has 110 valence electrons. The summed E-state index contributed by atoms with van der Waals surface area (Å²) in [4.78, 5) is 6.53. The first kappa shape index (κ1) is 14.3. The van der Waals surface area contributed by atoms with Crippen LogP contribution in [0.25, 0.3) is 0 Å². The minimum atomic E-state index is -3.11. The second-order valence-electron chi connectivity index (χ2n) is 5.46. The summed E-state index contributed by atoms with van der Waals surface area (Å²) in [5.74, 6) is 0.891. The Morgan fingerprint density at radius 3 is 2.85 bits per heavy atom. The quantitative estimate of drug-likeness (QED) is 0.891. The maximum Gasteiger partial charge on any atom is 0.214 e. The third-order valence-corrected chi connectivity index (χ3v) is 6.38. The molecule has 0 aromatic carbocycles. The van der Waals surface area contributed by atoms with Crippen LogP contribution in [0, 0.1) is 0 Å². The third-order valence-electron chi connectivity index (χ3n) is 3.75. The molecule has 1 saturated carbocycles. The van der Waals surface area contributed by atoms with E-state index in [-0.39, 0.29) is 11.3 Å². The Labute approximate surface area is 127 Å². The lowest BCUT2D eigenvalue weighted by Crippen LogP contribution is -2.48. The van der Waals surface area contributed by atoms with Crippen molar-refractivity contribution in [1.29, 1.82) is 0 Å². The first-order valence-corrected chi connectivity index (χ1v) is 9.27. The van der Waals surface area contributed by atoms with Gasteiger partial charge in [0, 0.05) is 25.3 Å². The largest absolute Gasteiger partial charge is 0.354 e. The van der Waals surface area contributed by atoms with E-state index in [4.69, 9.17) is 0 Å². The van der Waals surface area contributed by atoms with Crippen LogP contribution >= 0.6 is 15.9 Å². The van der Waals surface area contributed by atoms with Crippen molar-refractivity contribution in [3.8, 4) is 0 Å². The van der Waals surface area contributed by atoms with Crippen LogP contribution in [0.1, 0.15) is 25.7 Å². The van der Waals surface area contributed by atoms with E-state index < -0.39 is 10.0 Å². The van der Waals surface area contributed by atoms with E-state index in [1.807, 2.05) is 12.1 Å². The van der Waals surface area contributed by atoms with Gasteiger partial charge in [-0.1, -0.05) is 0 Å².